The molecule has 3 nitrogen and oxygen atoms in total. The first-order valence-electron chi connectivity index (χ1n) is 6.95. The highest BCUT2D eigenvalue weighted by Gasteiger charge is 2.04. The number of thiocarbonyl (C=S) groups is 1. The highest BCUT2D eigenvalue weighted by Crippen LogP contribution is 2.04. The van der Waals surface area contributed by atoms with Crippen molar-refractivity contribution in [1.29, 1.82) is 0 Å². The van der Waals surface area contributed by atoms with E-state index in [-0.39, 0.29) is 0 Å². The van der Waals surface area contributed by atoms with Crippen molar-refractivity contribution < 1.29 is 4.90 Å². The van der Waals surface area contributed by atoms with Gasteiger partial charge in [-0.15, -0.1) is 0 Å². The Morgan fingerprint density at radius 1 is 1.26 bits per heavy atom. The smallest absolute Gasteiger partial charge is 0.166 e. The third-order valence-corrected chi connectivity index (χ3v) is 3.26. The van der Waals surface area contributed by atoms with E-state index in [1.165, 1.54) is 10.5 Å². The second-order valence-corrected chi connectivity index (χ2v) is 5.69. The molecule has 0 saturated carbocycles. The topological polar surface area (TPSA) is 28.5 Å². The first-order valence-corrected chi connectivity index (χ1v) is 7.36. The van der Waals surface area contributed by atoms with Crippen LogP contribution >= 0.6 is 12.2 Å². The van der Waals surface area contributed by atoms with Crippen LogP contribution in [0.2, 0.25) is 0 Å². The van der Waals surface area contributed by atoms with Gasteiger partial charge in [0, 0.05) is 6.04 Å². The van der Waals surface area contributed by atoms with E-state index in [0.29, 0.717) is 6.04 Å². The van der Waals surface area contributed by atoms with Crippen LogP contribution in [0.5, 0.6) is 0 Å². The highest BCUT2D eigenvalue weighted by atomic mass is 32.1. The first-order chi connectivity index (χ1) is 9.08. The normalized spacial score (nSPS) is 12.2. The number of hydrogen-bond donors (Lipinski definition) is 3. The molecule has 1 aromatic rings. The maximum absolute atomic E-state index is 5.28. The van der Waals surface area contributed by atoms with Gasteiger partial charge >= 0.3 is 0 Å². The van der Waals surface area contributed by atoms with E-state index in [2.05, 4.69) is 62.0 Å². The van der Waals surface area contributed by atoms with Crippen LogP contribution in [0, 0.1) is 0 Å². The van der Waals surface area contributed by atoms with E-state index in [0.717, 1.165) is 31.0 Å². The van der Waals surface area contributed by atoms with Crippen LogP contribution in [0.25, 0.3) is 0 Å². The zero-order valence-electron chi connectivity index (χ0n) is 12.2. The van der Waals surface area contributed by atoms with E-state index < -0.39 is 0 Å². The maximum Gasteiger partial charge on any atom is 0.166 e. The molecule has 1 rings (SSSR count). The van der Waals surface area contributed by atoms with Crippen LogP contribution in [0.4, 0.5) is 0 Å². The molecule has 0 fully saturated rings. The largest absolute Gasteiger partial charge is 0.360 e. The van der Waals surface area contributed by atoms with Crippen molar-refractivity contribution in [1.82, 2.24) is 10.6 Å². The Morgan fingerprint density at radius 3 is 2.58 bits per heavy atom. The second kappa shape index (κ2) is 8.88. The molecule has 0 bridgehead atoms. The Bertz CT molecular complexity index is 365. The van der Waals surface area contributed by atoms with Gasteiger partial charge < -0.3 is 15.5 Å². The summed E-state index contributed by atoms with van der Waals surface area (Å²) < 4.78 is 0. The fourth-order valence-electron chi connectivity index (χ4n) is 1.80. The SMILES string of the molecule is C[C@@H](CCc1ccccc1)NC(=S)NCC[NH+](C)C. The number of rotatable bonds is 7. The van der Waals surface area contributed by atoms with Gasteiger partial charge in [-0.1, -0.05) is 30.3 Å². The zero-order chi connectivity index (χ0) is 14.1. The number of aryl methyl sites for hydroxylation is 1. The fourth-order valence-corrected chi connectivity index (χ4v) is 2.10. The lowest BCUT2D eigenvalue weighted by Gasteiger charge is -2.17. The third kappa shape index (κ3) is 7.80. The molecule has 3 N–H and O–H groups in total. The van der Waals surface area contributed by atoms with Gasteiger partial charge in [-0.25, -0.2) is 0 Å². The summed E-state index contributed by atoms with van der Waals surface area (Å²) in [6.07, 6.45) is 2.17. The highest BCUT2D eigenvalue weighted by molar-refractivity contribution is 7.80. The Hall–Kier alpha value is -1.13. The minimum Gasteiger partial charge on any atom is -0.360 e. The van der Waals surface area contributed by atoms with Gasteiger partial charge in [0.25, 0.3) is 0 Å². The molecule has 0 aromatic heterocycles. The summed E-state index contributed by atoms with van der Waals surface area (Å²) in [4.78, 5) is 1.42. The van der Waals surface area contributed by atoms with Crippen LogP contribution in [-0.2, 0) is 6.42 Å². The molecule has 0 aliphatic rings. The maximum atomic E-state index is 5.28. The van der Waals surface area contributed by atoms with Crippen LogP contribution < -0.4 is 15.5 Å². The number of likely N-dealkylation sites (N-methyl/N-ethyl adjacent to an activating group) is 1. The van der Waals surface area contributed by atoms with Crippen LogP contribution in [0.3, 0.4) is 0 Å². The molecule has 0 heterocycles. The van der Waals surface area contributed by atoms with E-state index in [1.54, 1.807) is 0 Å². The van der Waals surface area contributed by atoms with E-state index >= 15 is 0 Å². The predicted molar refractivity (Wildman–Crippen MR) is 85.6 cm³/mol. The number of hydrogen-bond acceptors (Lipinski definition) is 1. The quantitative estimate of drug-likeness (QED) is 0.640. The van der Waals surface area contributed by atoms with Crippen molar-refractivity contribution >= 4 is 17.3 Å². The van der Waals surface area contributed by atoms with E-state index in [1.807, 2.05) is 0 Å². The molecular weight excluding hydrogens is 254 g/mol. The molecule has 0 unspecified atom stereocenters. The van der Waals surface area contributed by atoms with Gasteiger partial charge in [-0.2, -0.15) is 0 Å². The molecular formula is C15H26N3S+. The Labute approximate surface area is 122 Å². The van der Waals surface area contributed by atoms with Crippen molar-refractivity contribution in [3.63, 3.8) is 0 Å². The molecule has 0 saturated heterocycles. The summed E-state index contributed by atoms with van der Waals surface area (Å²) >= 11 is 5.28. The summed E-state index contributed by atoms with van der Waals surface area (Å²) in [6, 6.07) is 11.0. The number of nitrogens with one attached hydrogen (secondary N) is 3. The van der Waals surface area contributed by atoms with Crippen LogP contribution in [-0.4, -0.2) is 38.3 Å². The molecule has 1 atom stereocenters. The molecule has 0 spiro atoms. The lowest BCUT2D eigenvalue weighted by molar-refractivity contribution is -0.856. The van der Waals surface area contributed by atoms with Gasteiger partial charge in [0.15, 0.2) is 5.11 Å². The molecule has 106 valence electrons. The number of benzene rings is 1. The fraction of sp³-hybridized carbons (Fsp3) is 0.533. The van der Waals surface area contributed by atoms with E-state index in [9.17, 15) is 0 Å². The molecule has 0 radical (unpaired) electrons. The summed E-state index contributed by atoms with van der Waals surface area (Å²) in [7, 11) is 4.28. The lowest BCUT2D eigenvalue weighted by Crippen LogP contribution is -3.06. The van der Waals surface area contributed by atoms with Crippen molar-refractivity contribution in [3.05, 3.63) is 35.9 Å². The van der Waals surface area contributed by atoms with Crippen LogP contribution in [0.15, 0.2) is 30.3 Å². The standard InChI is InChI=1S/C15H25N3S/c1-13(9-10-14-7-5-4-6-8-14)17-15(19)16-11-12-18(2)3/h4-8,13H,9-12H2,1-3H3,(H2,16,17,19)/p+1/t13-/m0/s1. The first kappa shape index (κ1) is 15.9. The average molecular weight is 280 g/mol. The Kier molecular flexibility index (Phi) is 7.45. The average Bonchev–Trinajstić information content (AvgIpc) is 2.37. The summed E-state index contributed by atoms with van der Waals surface area (Å²) in [5.74, 6) is 0. The van der Waals surface area contributed by atoms with Gasteiger partial charge in [-0.3, -0.25) is 0 Å². The van der Waals surface area contributed by atoms with Crippen molar-refractivity contribution in [3.8, 4) is 0 Å². The van der Waals surface area contributed by atoms with Crippen molar-refractivity contribution in [2.24, 2.45) is 0 Å². The zero-order valence-corrected chi connectivity index (χ0v) is 13.0. The summed E-state index contributed by atoms with van der Waals surface area (Å²) in [5.41, 5.74) is 1.38. The molecule has 0 aliphatic carbocycles. The molecule has 0 amide bonds. The predicted octanol–water partition coefficient (Wildman–Crippen LogP) is 0.616. The van der Waals surface area contributed by atoms with Gasteiger partial charge in [0.1, 0.15) is 0 Å². The monoisotopic (exact) mass is 280 g/mol. The van der Waals surface area contributed by atoms with Gasteiger partial charge in [-0.05, 0) is 37.5 Å². The van der Waals surface area contributed by atoms with Gasteiger partial charge in [0.05, 0.1) is 27.2 Å². The van der Waals surface area contributed by atoms with E-state index in [4.69, 9.17) is 12.2 Å². The Balaban J connectivity index is 2.16. The van der Waals surface area contributed by atoms with Crippen LogP contribution in [0.1, 0.15) is 18.9 Å². The lowest BCUT2D eigenvalue weighted by atomic mass is 10.1. The minimum absolute atomic E-state index is 0.395. The van der Waals surface area contributed by atoms with Gasteiger partial charge in [0.2, 0.25) is 0 Å². The summed E-state index contributed by atoms with van der Waals surface area (Å²) in [5, 5.41) is 7.34. The van der Waals surface area contributed by atoms with Crippen molar-refractivity contribution in [2.45, 2.75) is 25.8 Å². The number of quaternary nitrogens is 1. The van der Waals surface area contributed by atoms with Crippen molar-refractivity contribution in [2.75, 3.05) is 27.2 Å². The molecule has 4 heteroatoms. The molecule has 19 heavy (non-hydrogen) atoms. The minimum atomic E-state index is 0.395. The Morgan fingerprint density at radius 2 is 1.95 bits per heavy atom. The second-order valence-electron chi connectivity index (χ2n) is 5.28. The summed E-state index contributed by atoms with van der Waals surface area (Å²) in [6.45, 7) is 4.16. The molecule has 0 aliphatic heterocycles. The third-order valence-electron chi connectivity index (χ3n) is 3.00. The molecule has 1 aromatic carbocycles.